The van der Waals surface area contributed by atoms with E-state index in [4.69, 9.17) is 21.3 Å². The van der Waals surface area contributed by atoms with Gasteiger partial charge in [-0.15, -0.1) is 5.10 Å². The molecule has 0 fully saturated rings. The van der Waals surface area contributed by atoms with Gasteiger partial charge in [0, 0.05) is 23.7 Å². The summed E-state index contributed by atoms with van der Waals surface area (Å²) in [5, 5.41) is 8.62. The maximum Gasteiger partial charge on any atom is 0.247 e. The van der Waals surface area contributed by atoms with Gasteiger partial charge in [-0.3, -0.25) is 0 Å². The second kappa shape index (κ2) is 8.03. The van der Waals surface area contributed by atoms with E-state index in [0.29, 0.717) is 17.6 Å². The summed E-state index contributed by atoms with van der Waals surface area (Å²) in [6, 6.07) is 11.7. The summed E-state index contributed by atoms with van der Waals surface area (Å²) in [6.07, 6.45) is 5.68. The molecule has 1 aliphatic rings. The molecule has 5 rings (SSSR count). The number of ether oxygens (including phenoxy) is 1. The minimum atomic E-state index is 0.125. The molecule has 4 heterocycles. The van der Waals surface area contributed by atoms with Gasteiger partial charge in [-0.05, 0) is 43.5 Å². The molecule has 31 heavy (non-hydrogen) atoms. The van der Waals surface area contributed by atoms with Gasteiger partial charge in [-0.2, -0.15) is 9.97 Å². The molecule has 1 N–H and O–H groups in total. The molecule has 1 aliphatic heterocycles. The van der Waals surface area contributed by atoms with Gasteiger partial charge in [0.1, 0.15) is 17.3 Å². The fourth-order valence-corrected chi connectivity index (χ4v) is 4.24. The van der Waals surface area contributed by atoms with Crippen molar-refractivity contribution in [1.29, 1.82) is 0 Å². The Morgan fingerprint density at radius 3 is 2.81 bits per heavy atom. The van der Waals surface area contributed by atoms with Crippen LogP contribution in [0.3, 0.4) is 0 Å². The highest BCUT2D eigenvalue weighted by atomic mass is 35.5. The number of pyridine rings is 1. The number of aromatic nitrogens is 6. The molecule has 0 saturated carbocycles. The number of nitrogens with one attached hydrogen (secondary N) is 1. The van der Waals surface area contributed by atoms with Crippen LogP contribution in [-0.4, -0.2) is 36.4 Å². The normalized spacial score (nSPS) is 15.5. The number of hydrogen-bond acceptors (Lipinski definition) is 6. The SMILES string of the molecule is COc1nc(Nc2nc3n(n2)CCCC3c2ccccc2Cl)ccc1-n1cnc(C)c1. The van der Waals surface area contributed by atoms with Crippen molar-refractivity contribution < 1.29 is 4.74 Å². The van der Waals surface area contributed by atoms with Crippen LogP contribution in [0.25, 0.3) is 5.69 Å². The van der Waals surface area contributed by atoms with Gasteiger partial charge in [0.25, 0.3) is 0 Å². The lowest BCUT2D eigenvalue weighted by Crippen LogP contribution is -2.18. The molecule has 158 valence electrons. The van der Waals surface area contributed by atoms with E-state index in [9.17, 15) is 0 Å². The lowest BCUT2D eigenvalue weighted by molar-refractivity contribution is 0.396. The fourth-order valence-electron chi connectivity index (χ4n) is 3.97. The quantitative estimate of drug-likeness (QED) is 0.497. The lowest BCUT2D eigenvalue weighted by Gasteiger charge is -2.23. The number of rotatable bonds is 5. The monoisotopic (exact) mass is 435 g/mol. The molecule has 3 aromatic heterocycles. The number of halogens is 1. The van der Waals surface area contributed by atoms with E-state index < -0.39 is 0 Å². The largest absolute Gasteiger partial charge is 0.479 e. The predicted octanol–water partition coefficient (Wildman–Crippen LogP) is 4.50. The van der Waals surface area contributed by atoms with Crippen LogP contribution in [0.15, 0.2) is 48.9 Å². The van der Waals surface area contributed by atoms with E-state index in [0.717, 1.165) is 47.2 Å². The third-order valence-corrected chi connectivity index (χ3v) is 5.76. The van der Waals surface area contributed by atoms with E-state index in [-0.39, 0.29) is 5.92 Å². The van der Waals surface area contributed by atoms with Crippen LogP contribution in [-0.2, 0) is 6.54 Å². The molecule has 0 radical (unpaired) electrons. The van der Waals surface area contributed by atoms with E-state index in [1.165, 1.54) is 0 Å². The summed E-state index contributed by atoms with van der Waals surface area (Å²) in [5.74, 6) is 2.64. The number of methoxy groups -OCH3 is 1. The van der Waals surface area contributed by atoms with E-state index in [2.05, 4.69) is 26.4 Å². The molecule has 0 spiro atoms. The standard InChI is InChI=1S/C22H22ClN7O/c1-14-12-29(13-24-14)18-9-10-19(25-21(18)31-2)26-22-27-20-16(7-5-11-30(20)28-22)15-6-3-4-8-17(15)23/h3-4,6,8-10,12-13,16H,5,7,11H2,1-2H3,(H,25,26,28). The molecule has 1 aromatic carbocycles. The summed E-state index contributed by atoms with van der Waals surface area (Å²) < 4.78 is 9.34. The summed E-state index contributed by atoms with van der Waals surface area (Å²) in [6.45, 7) is 2.77. The summed E-state index contributed by atoms with van der Waals surface area (Å²) >= 11 is 6.46. The highest BCUT2D eigenvalue weighted by molar-refractivity contribution is 6.31. The number of aryl methyl sites for hydroxylation is 2. The minimum Gasteiger partial charge on any atom is -0.479 e. The molecule has 1 atom stereocenters. The molecule has 4 aromatic rings. The first-order valence-corrected chi connectivity index (χ1v) is 10.5. The van der Waals surface area contributed by atoms with Gasteiger partial charge in [0.15, 0.2) is 0 Å². The predicted molar refractivity (Wildman–Crippen MR) is 118 cm³/mol. The van der Waals surface area contributed by atoms with Crippen molar-refractivity contribution in [2.45, 2.75) is 32.2 Å². The minimum absolute atomic E-state index is 0.125. The summed E-state index contributed by atoms with van der Waals surface area (Å²) in [5.41, 5.74) is 2.82. The Labute approximate surface area is 184 Å². The van der Waals surface area contributed by atoms with Crippen molar-refractivity contribution >= 4 is 23.4 Å². The zero-order chi connectivity index (χ0) is 21.4. The molecule has 8 nitrogen and oxygen atoms in total. The highest BCUT2D eigenvalue weighted by Gasteiger charge is 2.27. The van der Waals surface area contributed by atoms with Crippen LogP contribution < -0.4 is 10.1 Å². The molecular formula is C22H22ClN7O. The average molecular weight is 436 g/mol. The third kappa shape index (κ3) is 3.74. The fraction of sp³-hybridized carbons (Fsp3) is 0.273. The topological polar surface area (TPSA) is 82.7 Å². The van der Waals surface area contributed by atoms with Crippen LogP contribution in [0.2, 0.25) is 5.02 Å². The number of benzene rings is 1. The number of hydrogen-bond donors (Lipinski definition) is 1. The van der Waals surface area contributed by atoms with Crippen molar-refractivity contribution in [3.05, 3.63) is 71.0 Å². The molecule has 0 amide bonds. The van der Waals surface area contributed by atoms with E-state index in [1.807, 2.05) is 52.7 Å². The number of anilines is 2. The van der Waals surface area contributed by atoms with Crippen LogP contribution in [0.4, 0.5) is 11.8 Å². The lowest BCUT2D eigenvalue weighted by atomic mass is 9.91. The van der Waals surface area contributed by atoms with Gasteiger partial charge in [0.05, 0.1) is 19.1 Å². The van der Waals surface area contributed by atoms with Crippen LogP contribution in [0.1, 0.15) is 35.8 Å². The third-order valence-electron chi connectivity index (χ3n) is 5.42. The van der Waals surface area contributed by atoms with Crippen molar-refractivity contribution in [2.24, 2.45) is 0 Å². The first kappa shape index (κ1) is 19.6. The van der Waals surface area contributed by atoms with E-state index >= 15 is 0 Å². The number of fused-ring (bicyclic) bond motifs is 1. The van der Waals surface area contributed by atoms with Gasteiger partial charge in [0.2, 0.25) is 11.8 Å². The molecular weight excluding hydrogens is 414 g/mol. The molecule has 0 aliphatic carbocycles. The van der Waals surface area contributed by atoms with Crippen LogP contribution in [0.5, 0.6) is 5.88 Å². The smallest absolute Gasteiger partial charge is 0.247 e. The second-order valence-corrected chi connectivity index (χ2v) is 7.91. The maximum atomic E-state index is 6.46. The van der Waals surface area contributed by atoms with Crippen molar-refractivity contribution in [1.82, 2.24) is 29.3 Å². The van der Waals surface area contributed by atoms with Crippen molar-refractivity contribution in [2.75, 3.05) is 12.4 Å². The molecule has 1 unspecified atom stereocenters. The van der Waals surface area contributed by atoms with Gasteiger partial charge in [-0.25, -0.2) is 9.67 Å². The average Bonchev–Trinajstić information content (AvgIpc) is 3.39. The molecule has 9 heteroatoms. The Hall–Kier alpha value is -3.39. The summed E-state index contributed by atoms with van der Waals surface area (Å²) in [4.78, 5) is 13.6. The van der Waals surface area contributed by atoms with E-state index in [1.54, 1.807) is 13.4 Å². The van der Waals surface area contributed by atoms with Gasteiger partial charge in [-0.1, -0.05) is 29.8 Å². The first-order valence-electron chi connectivity index (χ1n) is 10.1. The van der Waals surface area contributed by atoms with Crippen LogP contribution >= 0.6 is 11.6 Å². The van der Waals surface area contributed by atoms with Gasteiger partial charge < -0.3 is 14.6 Å². The van der Waals surface area contributed by atoms with Gasteiger partial charge >= 0.3 is 0 Å². The highest BCUT2D eigenvalue weighted by Crippen LogP contribution is 2.36. The second-order valence-electron chi connectivity index (χ2n) is 7.51. The number of imidazole rings is 1. The summed E-state index contributed by atoms with van der Waals surface area (Å²) in [7, 11) is 1.60. The Morgan fingerprint density at radius 1 is 1.16 bits per heavy atom. The Bertz CT molecular complexity index is 1230. The number of nitrogens with zero attached hydrogens (tertiary/aromatic N) is 6. The van der Waals surface area contributed by atoms with Crippen molar-refractivity contribution in [3.8, 4) is 11.6 Å². The Kier molecular flexibility index (Phi) is 5.07. The zero-order valence-electron chi connectivity index (χ0n) is 17.3. The maximum absolute atomic E-state index is 6.46. The first-order chi connectivity index (χ1) is 15.1. The zero-order valence-corrected chi connectivity index (χ0v) is 18.0. The van der Waals surface area contributed by atoms with Crippen molar-refractivity contribution in [3.63, 3.8) is 0 Å². The Balaban J connectivity index is 1.43. The van der Waals surface area contributed by atoms with Crippen LogP contribution in [0, 0.1) is 6.92 Å². The Morgan fingerprint density at radius 2 is 2.03 bits per heavy atom. The molecule has 0 bridgehead atoms. The molecule has 0 saturated heterocycles.